The molecule has 3 rings (SSSR count). The molecular formula is C20H26FNO4. The van der Waals surface area contributed by atoms with Crippen LogP contribution >= 0.6 is 0 Å². The quantitative estimate of drug-likeness (QED) is 0.737. The van der Waals surface area contributed by atoms with Crippen LogP contribution < -0.4 is 0 Å². The molecule has 0 radical (unpaired) electrons. The average Bonchev–Trinajstić information content (AvgIpc) is 2.88. The van der Waals surface area contributed by atoms with E-state index in [-0.39, 0.29) is 29.7 Å². The van der Waals surface area contributed by atoms with Gasteiger partial charge in [-0.05, 0) is 58.1 Å². The zero-order chi connectivity index (χ0) is 19.1. The van der Waals surface area contributed by atoms with Crippen molar-refractivity contribution in [2.24, 2.45) is 0 Å². The van der Waals surface area contributed by atoms with Gasteiger partial charge in [0, 0.05) is 18.0 Å². The molecule has 26 heavy (non-hydrogen) atoms. The highest BCUT2D eigenvalue weighted by molar-refractivity contribution is 5.89. The van der Waals surface area contributed by atoms with Crippen LogP contribution in [0, 0.1) is 5.82 Å². The number of carbonyl (C=O) groups is 2. The molecule has 0 spiro atoms. The molecule has 2 saturated heterocycles. The van der Waals surface area contributed by atoms with Crippen LogP contribution in [0.25, 0.3) is 0 Å². The van der Waals surface area contributed by atoms with Crippen molar-refractivity contribution in [2.75, 3.05) is 7.11 Å². The van der Waals surface area contributed by atoms with Crippen LogP contribution in [-0.4, -0.2) is 41.8 Å². The van der Waals surface area contributed by atoms with E-state index in [1.807, 2.05) is 20.8 Å². The zero-order valence-corrected chi connectivity index (χ0v) is 15.8. The number of amides is 1. The van der Waals surface area contributed by atoms with Gasteiger partial charge >= 0.3 is 12.1 Å². The maximum atomic E-state index is 15.0. The topological polar surface area (TPSA) is 55.8 Å². The number of benzene rings is 1. The van der Waals surface area contributed by atoms with Gasteiger partial charge in [-0.1, -0.05) is 12.1 Å². The van der Waals surface area contributed by atoms with Crippen molar-refractivity contribution in [1.29, 1.82) is 0 Å². The van der Waals surface area contributed by atoms with Crippen molar-refractivity contribution >= 4 is 12.1 Å². The first-order valence-electron chi connectivity index (χ1n) is 9.11. The number of hydrogen-bond acceptors (Lipinski definition) is 4. The minimum Gasteiger partial charge on any atom is -0.465 e. The predicted octanol–water partition coefficient (Wildman–Crippen LogP) is 4.26. The fraction of sp³-hybridized carbons (Fsp3) is 0.600. The Balaban J connectivity index is 1.90. The Labute approximate surface area is 153 Å². The summed E-state index contributed by atoms with van der Waals surface area (Å²) in [6.45, 7) is 5.52. The Morgan fingerprint density at radius 2 is 1.85 bits per heavy atom. The molecule has 0 aromatic heterocycles. The zero-order valence-electron chi connectivity index (χ0n) is 15.8. The SMILES string of the molecule is COC(=O)c1cccc(C2CC[C@@H]3CCC2N3C(=O)OC(C)(C)C)c1F. The lowest BCUT2D eigenvalue weighted by molar-refractivity contribution is 0.00438. The van der Waals surface area contributed by atoms with Gasteiger partial charge in [0.2, 0.25) is 0 Å². The number of hydrogen-bond donors (Lipinski definition) is 0. The normalized spacial score (nSPS) is 25.1. The molecule has 1 amide bonds. The third-order valence-corrected chi connectivity index (χ3v) is 5.26. The molecular weight excluding hydrogens is 337 g/mol. The summed E-state index contributed by atoms with van der Waals surface area (Å²) in [5, 5.41) is 0. The molecule has 0 saturated carbocycles. The van der Waals surface area contributed by atoms with E-state index in [1.54, 1.807) is 17.0 Å². The van der Waals surface area contributed by atoms with E-state index >= 15 is 0 Å². The smallest absolute Gasteiger partial charge is 0.410 e. The second-order valence-corrected chi connectivity index (χ2v) is 8.07. The second kappa shape index (κ2) is 6.89. The minimum absolute atomic E-state index is 0.0612. The molecule has 6 heteroatoms. The Hall–Kier alpha value is -2.11. The molecule has 5 nitrogen and oxygen atoms in total. The summed E-state index contributed by atoms with van der Waals surface area (Å²) >= 11 is 0. The maximum Gasteiger partial charge on any atom is 0.410 e. The van der Waals surface area contributed by atoms with Crippen LogP contribution in [0.3, 0.4) is 0 Å². The van der Waals surface area contributed by atoms with Crippen molar-refractivity contribution in [3.05, 3.63) is 35.1 Å². The van der Waals surface area contributed by atoms with E-state index in [0.717, 1.165) is 25.7 Å². The molecule has 0 N–H and O–H groups in total. The van der Waals surface area contributed by atoms with Crippen LogP contribution in [-0.2, 0) is 9.47 Å². The molecule has 2 bridgehead atoms. The van der Waals surface area contributed by atoms with Crippen molar-refractivity contribution in [3.8, 4) is 0 Å². The van der Waals surface area contributed by atoms with Gasteiger partial charge in [0.15, 0.2) is 0 Å². The summed E-state index contributed by atoms with van der Waals surface area (Å²) in [5.41, 5.74) is -0.153. The number of piperidine rings is 1. The number of rotatable bonds is 2. The highest BCUT2D eigenvalue weighted by atomic mass is 19.1. The number of nitrogens with zero attached hydrogens (tertiary/aromatic N) is 1. The number of esters is 1. The fourth-order valence-electron chi connectivity index (χ4n) is 4.22. The van der Waals surface area contributed by atoms with Gasteiger partial charge in [-0.15, -0.1) is 0 Å². The summed E-state index contributed by atoms with van der Waals surface area (Å²) in [6.07, 6.45) is 2.98. The van der Waals surface area contributed by atoms with Gasteiger partial charge in [-0.2, -0.15) is 0 Å². The highest BCUT2D eigenvalue weighted by Gasteiger charge is 2.47. The van der Waals surface area contributed by atoms with E-state index < -0.39 is 17.4 Å². The third kappa shape index (κ3) is 3.41. The molecule has 1 aromatic rings. The third-order valence-electron chi connectivity index (χ3n) is 5.26. The van der Waals surface area contributed by atoms with Crippen LogP contribution in [0.15, 0.2) is 18.2 Å². The fourth-order valence-corrected chi connectivity index (χ4v) is 4.22. The Bertz CT molecular complexity index is 712. The van der Waals surface area contributed by atoms with Gasteiger partial charge in [-0.3, -0.25) is 0 Å². The minimum atomic E-state index is -0.687. The standard InChI is InChI=1S/C20H26FNO4/c1-20(2,3)26-19(24)22-12-8-10-13(16(22)11-9-12)14-6-5-7-15(17(14)21)18(23)25-4/h5-7,12-13,16H,8-11H2,1-4H3/t12-,13?,16?/m1/s1. The average molecular weight is 363 g/mol. The van der Waals surface area contributed by atoms with Crippen LogP contribution in [0.2, 0.25) is 0 Å². The highest BCUT2D eigenvalue weighted by Crippen LogP contribution is 2.45. The summed E-state index contributed by atoms with van der Waals surface area (Å²) in [7, 11) is 1.24. The molecule has 142 valence electrons. The lowest BCUT2D eigenvalue weighted by Gasteiger charge is -2.40. The maximum absolute atomic E-state index is 15.0. The number of ether oxygens (including phenoxy) is 2. The first-order valence-corrected chi connectivity index (χ1v) is 9.11. The van der Waals surface area contributed by atoms with Crippen LogP contribution in [0.5, 0.6) is 0 Å². The van der Waals surface area contributed by atoms with E-state index in [2.05, 4.69) is 4.74 Å². The first-order chi connectivity index (χ1) is 12.2. The van der Waals surface area contributed by atoms with Crippen LogP contribution in [0.4, 0.5) is 9.18 Å². The van der Waals surface area contributed by atoms with Crippen molar-refractivity contribution in [1.82, 2.24) is 4.90 Å². The first kappa shape index (κ1) is 18.7. The molecule has 2 unspecified atom stereocenters. The molecule has 2 aliphatic rings. The van der Waals surface area contributed by atoms with E-state index in [1.165, 1.54) is 13.2 Å². The van der Waals surface area contributed by atoms with Crippen molar-refractivity contribution in [2.45, 2.75) is 70.1 Å². The molecule has 2 heterocycles. The number of fused-ring (bicyclic) bond motifs is 2. The largest absolute Gasteiger partial charge is 0.465 e. The summed E-state index contributed by atoms with van der Waals surface area (Å²) in [5.74, 6) is -1.38. The number of carbonyl (C=O) groups excluding carboxylic acids is 2. The van der Waals surface area contributed by atoms with Gasteiger partial charge in [-0.25, -0.2) is 14.0 Å². The second-order valence-electron chi connectivity index (χ2n) is 8.07. The summed E-state index contributed by atoms with van der Waals surface area (Å²) in [6, 6.07) is 4.85. The van der Waals surface area contributed by atoms with E-state index in [9.17, 15) is 14.0 Å². The monoisotopic (exact) mass is 363 g/mol. The van der Waals surface area contributed by atoms with Gasteiger partial charge in [0.1, 0.15) is 11.4 Å². The van der Waals surface area contributed by atoms with Crippen LogP contribution in [0.1, 0.15) is 68.3 Å². The molecule has 1 aromatic carbocycles. The van der Waals surface area contributed by atoms with Gasteiger partial charge in [0.25, 0.3) is 0 Å². The molecule has 2 fully saturated rings. The van der Waals surface area contributed by atoms with E-state index in [0.29, 0.717) is 5.56 Å². The van der Waals surface area contributed by atoms with Crippen molar-refractivity contribution < 1.29 is 23.5 Å². The Morgan fingerprint density at radius 1 is 1.15 bits per heavy atom. The molecule has 0 aliphatic carbocycles. The van der Waals surface area contributed by atoms with Gasteiger partial charge < -0.3 is 14.4 Å². The van der Waals surface area contributed by atoms with E-state index in [4.69, 9.17) is 4.74 Å². The summed E-state index contributed by atoms with van der Waals surface area (Å²) in [4.78, 5) is 26.3. The summed E-state index contributed by atoms with van der Waals surface area (Å²) < 4.78 is 25.2. The lowest BCUT2D eigenvalue weighted by atomic mass is 9.83. The predicted molar refractivity (Wildman–Crippen MR) is 94.6 cm³/mol. The molecule has 2 aliphatic heterocycles. The Morgan fingerprint density at radius 3 is 2.50 bits per heavy atom. The number of methoxy groups -OCH3 is 1. The van der Waals surface area contributed by atoms with Crippen molar-refractivity contribution in [3.63, 3.8) is 0 Å². The number of halogens is 1. The van der Waals surface area contributed by atoms with Gasteiger partial charge in [0.05, 0.1) is 12.7 Å². The molecule has 3 atom stereocenters. The lowest BCUT2D eigenvalue weighted by Crippen LogP contribution is -2.49. The Kier molecular flexibility index (Phi) is 4.95.